The molecule has 0 N–H and O–H groups in total. The van der Waals surface area contributed by atoms with Crippen molar-refractivity contribution in [1.29, 1.82) is 0 Å². The van der Waals surface area contributed by atoms with E-state index in [9.17, 15) is 4.79 Å². The highest BCUT2D eigenvalue weighted by Gasteiger charge is 2.29. The molecule has 0 saturated heterocycles. The molecule has 0 radical (unpaired) electrons. The summed E-state index contributed by atoms with van der Waals surface area (Å²) in [6.45, 7) is 0. The van der Waals surface area contributed by atoms with Gasteiger partial charge < -0.3 is 0 Å². The molecule has 0 heterocycles. The van der Waals surface area contributed by atoms with Gasteiger partial charge in [-0.3, -0.25) is 4.79 Å². The molecule has 0 spiro atoms. The molecule has 0 aliphatic heterocycles. The largest absolute Gasteiger partial charge is 0.289 e. The maximum Gasteiger partial charge on any atom is 0.194 e. The Morgan fingerprint density at radius 1 is 0.800 bits per heavy atom. The molecular formula is C20H11N3OS. The highest BCUT2D eigenvalue weighted by atomic mass is 32.1. The Balaban J connectivity index is 2.05. The van der Waals surface area contributed by atoms with Gasteiger partial charge in [-0.15, -0.1) is 0 Å². The second-order valence-corrected chi connectivity index (χ2v) is 6.05. The van der Waals surface area contributed by atoms with E-state index in [2.05, 4.69) is 10.0 Å². The van der Waals surface area contributed by atoms with Crippen LogP contribution in [0.1, 0.15) is 27.0 Å². The molecule has 0 saturated carbocycles. The van der Waals surface area contributed by atoms with E-state index in [1.807, 2.05) is 54.6 Å². The van der Waals surface area contributed by atoms with Gasteiger partial charge >= 0.3 is 0 Å². The lowest BCUT2D eigenvalue weighted by atomic mass is 9.82. The first-order chi connectivity index (χ1) is 12.2. The zero-order valence-electron chi connectivity index (χ0n) is 13.0. The highest BCUT2D eigenvalue weighted by molar-refractivity contribution is 7.81. The second-order valence-electron chi connectivity index (χ2n) is 5.64. The van der Waals surface area contributed by atoms with Crippen LogP contribution in [0.4, 0.5) is 5.69 Å². The average molecular weight is 341 g/mol. The standard InChI is InChI=1S/C20H11N3OS/c21-23-22-18-13(12-6-2-1-3-7-12)10-11-16-17(18)20(25)15-9-5-4-8-14(15)19(16)24/h1-11H. The van der Waals surface area contributed by atoms with E-state index in [1.54, 1.807) is 12.1 Å². The van der Waals surface area contributed by atoms with E-state index in [1.165, 1.54) is 0 Å². The quantitative estimate of drug-likeness (QED) is 0.206. The zero-order valence-corrected chi connectivity index (χ0v) is 13.8. The number of fused-ring (bicyclic) bond motifs is 2. The topological polar surface area (TPSA) is 65.8 Å². The maximum absolute atomic E-state index is 12.9. The lowest BCUT2D eigenvalue weighted by Crippen LogP contribution is -2.20. The average Bonchev–Trinajstić information content (AvgIpc) is 2.67. The summed E-state index contributed by atoms with van der Waals surface area (Å²) in [5.41, 5.74) is 13.4. The van der Waals surface area contributed by atoms with Crippen molar-refractivity contribution in [1.82, 2.24) is 0 Å². The minimum absolute atomic E-state index is 0.104. The molecular weight excluding hydrogens is 330 g/mol. The number of nitrogens with zero attached hydrogens (tertiary/aromatic N) is 3. The third-order valence-electron chi connectivity index (χ3n) is 4.30. The van der Waals surface area contributed by atoms with Gasteiger partial charge in [0.15, 0.2) is 5.78 Å². The molecule has 4 rings (SSSR count). The minimum atomic E-state index is -0.104. The Bertz CT molecular complexity index is 1080. The number of hydrogen-bond donors (Lipinski definition) is 0. The molecule has 0 atom stereocenters. The summed E-state index contributed by atoms with van der Waals surface area (Å²) in [5, 5.41) is 3.89. The molecule has 0 amide bonds. The van der Waals surface area contributed by atoms with Crippen molar-refractivity contribution in [3.63, 3.8) is 0 Å². The molecule has 5 heteroatoms. The number of rotatable bonds is 2. The molecule has 0 fully saturated rings. The van der Waals surface area contributed by atoms with Crippen molar-refractivity contribution in [3.05, 3.63) is 99.4 Å². The van der Waals surface area contributed by atoms with Gasteiger partial charge in [-0.05, 0) is 22.7 Å². The van der Waals surface area contributed by atoms with Gasteiger partial charge in [0.25, 0.3) is 0 Å². The van der Waals surface area contributed by atoms with E-state index in [4.69, 9.17) is 17.7 Å². The van der Waals surface area contributed by atoms with Crippen LogP contribution in [-0.2, 0) is 0 Å². The third kappa shape index (κ3) is 2.34. The summed E-state index contributed by atoms with van der Waals surface area (Å²) in [6, 6.07) is 20.4. The number of carbonyl (C=O) groups is 1. The molecule has 0 bridgehead atoms. The van der Waals surface area contributed by atoms with Crippen LogP contribution in [0, 0.1) is 0 Å². The summed E-state index contributed by atoms with van der Waals surface area (Å²) in [6.07, 6.45) is 0. The molecule has 0 unspecified atom stereocenters. The van der Waals surface area contributed by atoms with Crippen LogP contribution in [0.5, 0.6) is 0 Å². The van der Waals surface area contributed by atoms with Gasteiger partial charge in [0.1, 0.15) is 0 Å². The summed E-state index contributed by atoms with van der Waals surface area (Å²) in [4.78, 5) is 16.4. The van der Waals surface area contributed by atoms with Crippen LogP contribution in [0.25, 0.3) is 21.6 Å². The molecule has 0 aromatic heterocycles. The fraction of sp³-hybridized carbons (Fsp3) is 0. The number of benzene rings is 3. The number of carbonyl (C=O) groups excluding carboxylic acids is 1. The fourth-order valence-corrected chi connectivity index (χ4v) is 3.55. The number of ketones is 1. The number of hydrogen-bond acceptors (Lipinski definition) is 3. The Morgan fingerprint density at radius 2 is 1.44 bits per heavy atom. The second kappa shape index (κ2) is 5.98. The summed E-state index contributed by atoms with van der Waals surface area (Å²) >= 11 is 5.64. The first-order valence-electron chi connectivity index (χ1n) is 7.68. The summed E-state index contributed by atoms with van der Waals surface area (Å²) in [7, 11) is 0. The Kier molecular flexibility index (Phi) is 3.65. The number of azide groups is 1. The number of thiocarbonyl (C=S) groups is 1. The molecule has 118 valence electrons. The molecule has 1 aliphatic rings. The molecule has 1 aliphatic carbocycles. The molecule has 3 aromatic rings. The SMILES string of the molecule is [N-]=[N+]=Nc1c(-c2ccccc2)ccc2c1C(=S)c1ccccc1C2=O. The Morgan fingerprint density at radius 3 is 2.16 bits per heavy atom. The van der Waals surface area contributed by atoms with Crippen LogP contribution in [0.3, 0.4) is 0 Å². The van der Waals surface area contributed by atoms with Crippen molar-refractivity contribution in [2.45, 2.75) is 0 Å². The van der Waals surface area contributed by atoms with Gasteiger partial charge in [-0.2, -0.15) is 0 Å². The van der Waals surface area contributed by atoms with Crippen molar-refractivity contribution in [2.24, 2.45) is 5.11 Å². The first-order valence-corrected chi connectivity index (χ1v) is 8.09. The van der Waals surface area contributed by atoms with E-state index >= 15 is 0 Å². The van der Waals surface area contributed by atoms with E-state index in [0.717, 1.165) is 11.1 Å². The predicted molar refractivity (Wildman–Crippen MR) is 101 cm³/mol. The smallest absolute Gasteiger partial charge is 0.194 e. The van der Waals surface area contributed by atoms with Crippen molar-refractivity contribution >= 4 is 28.6 Å². The minimum Gasteiger partial charge on any atom is -0.289 e. The predicted octanol–water partition coefficient (Wildman–Crippen LogP) is 5.61. The van der Waals surface area contributed by atoms with Crippen molar-refractivity contribution in [2.75, 3.05) is 0 Å². The van der Waals surface area contributed by atoms with Gasteiger partial charge in [0.05, 0.1) is 10.6 Å². The van der Waals surface area contributed by atoms with Crippen LogP contribution in [-0.4, -0.2) is 10.6 Å². The van der Waals surface area contributed by atoms with Gasteiger partial charge in [-0.1, -0.05) is 78.0 Å². The van der Waals surface area contributed by atoms with Crippen molar-refractivity contribution in [3.8, 4) is 11.1 Å². The van der Waals surface area contributed by atoms with Crippen LogP contribution >= 0.6 is 12.2 Å². The Labute approximate surface area is 149 Å². The maximum atomic E-state index is 12.9. The van der Waals surface area contributed by atoms with E-state index < -0.39 is 0 Å². The van der Waals surface area contributed by atoms with Gasteiger partial charge in [0.2, 0.25) is 0 Å². The van der Waals surface area contributed by atoms with Crippen LogP contribution in [0.2, 0.25) is 0 Å². The van der Waals surface area contributed by atoms with Gasteiger partial charge in [-0.25, -0.2) is 0 Å². The lowest BCUT2D eigenvalue weighted by molar-refractivity contribution is 0.103. The lowest BCUT2D eigenvalue weighted by Gasteiger charge is -2.22. The fourth-order valence-electron chi connectivity index (χ4n) is 3.17. The van der Waals surface area contributed by atoms with Crippen LogP contribution in [0.15, 0.2) is 71.8 Å². The van der Waals surface area contributed by atoms with E-state index in [-0.39, 0.29) is 5.78 Å². The van der Waals surface area contributed by atoms with Crippen LogP contribution < -0.4 is 0 Å². The Hall–Kier alpha value is -3.27. The van der Waals surface area contributed by atoms with E-state index in [0.29, 0.717) is 32.8 Å². The highest BCUT2D eigenvalue weighted by Crippen LogP contribution is 2.40. The molecule has 3 aromatic carbocycles. The van der Waals surface area contributed by atoms with Crippen molar-refractivity contribution < 1.29 is 4.79 Å². The van der Waals surface area contributed by atoms with Gasteiger partial charge in [0, 0.05) is 27.2 Å². The third-order valence-corrected chi connectivity index (χ3v) is 4.72. The monoisotopic (exact) mass is 341 g/mol. The molecule has 4 nitrogen and oxygen atoms in total. The first kappa shape index (κ1) is 15.3. The normalized spacial score (nSPS) is 12.2. The zero-order chi connectivity index (χ0) is 17.4. The summed E-state index contributed by atoms with van der Waals surface area (Å²) < 4.78 is 0. The molecule has 25 heavy (non-hydrogen) atoms. The summed E-state index contributed by atoms with van der Waals surface area (Å²) in [5.74, 6) is -0.104.